The van der Waals surface area contributed by atoms with Crippen LogP contribution in [-0.2, 0) is 6.54 Å². The Morgan fingerprint density at radius 1 is 1.26 bits per heavy atom. The minimum absolute atomic E-state index is 0.00323. The quantitative estimate of drug-likeness (QED) is 0.434. The number of hydrogen-bond acceptors (Lipinski definition) is 7. The lowest BCUT2D eigenvalue weighted by Gasteiger charge is -2.24. The Morgan fingerprint density at radius 3 is 2.69 bits per heavy atom. The Morgan fingerprint density at radius 2 is 2.03 bits per heavy atom. The fourth-order valence-electron chi connectivity index (χ4n) is 5.63. The predicted molar refractivity (Wildman–Crippen MR) is 133 cm³/mol. The van der Waals surface area contributed by atoms with Gasteiger partial charge in [0.2, 0.25) is 0 Å². The first kappa shape index (κ1) is 25.4. The van der Waals surface area contributed by atoms with Gasteiger partial charge in [-0.1, -0.05) is 0 Å². The minimum atomic E-state index is -5.00. The van der Waals surface area contributed by atoms with Crippen molar-refractivity contribution in [1.29, 1.82) is 0 Å². The molecule has 1 aromatic carbocycles. The van der Waals surface area contributed by atoms with Gasteiger partial charge in [0.15, 0.2) is 11.5 Å². The van der Waals surface area contributed by atoms with Gasteiger partial charge in [-0.2, -0.15) is 0 Å². The van der Waals surface area contributed by atoms with Crippen LogP contribution in [0.4, 0.5) is 19.0 Å². The number of ether oxygens (including phenoxy) is 1. The molecule has 3 heterocycles. The van der Waals surface area contributed by atoms with Crippen LogP contribution in [0.1, 0.15) is 65.3 Å². The number of nitrogens with zero attached hydrogens (tertiary/aromatic N) is 4. The van der Waals surface area contributed by atoms with E-state index in [4.69, 9.17) is 5.73 Å². The maximum Gasteiger partial charge on any atom is 0.573 e. The second-order valence-corrected chi connectivity index (χ2v) is 10.5. The number of nitrogen functional groups attached to an aromatic ring is 1. The number of carbonyl (C=O) groups excluding carboxylic acids is 2. The first-order valence-electron chi connectivity index (χ1n) is 12.9. The lowest BCUT2D eigenvalue weighted by molar-refractivity contribution is -0.274. The summed E-state index contributed by atoms with van der Waals surface area (Å²) in [4.78, 5) is 32.3. The molecule has 10 nitrogen and oxygen atoms in total. The summed E-state index contributed by atoms with van der Waals surface area (Å²) < 4.78 is 45.7. The van der Waals surface area contributed by atoms with Crippen molar-refractivity contribution in [2.24, 2.45) is 5.92 Å². The zero-order chi connectivity index (χ0) is 27.6. The zero-order valence-electron chi connectivity index (χ0n) is 21.0. The normalized spacial score (nSPS) is 21.9. The summed E-state index contributed by atoms with van der Waals surface area (Å²) >= 11 is 0. The SMILES string of the molecule is CC(C1CC1)N1Cc2cc(-c3ccn4nc(N)c(C(=O)N[C@@H]5CCC[C@H]5O)c4n3)cc(OC(F)(F)F)c2C1=O. The van der Waals surface area contributed by atoms with E-state index in [0.717, 1.165) is 25.3 Å². The van der Waals surface area contributed by atoms with E-state index in [1.165, 1.54) is 16.8 Å². The highest BCUT2D eigenvalue weighted by Gasteiger charge is 2.42. The molecular weight excluding hydrogens is 517 g/mol. The minimum Gasteiger partial charge on any atom is -0.405 e. The van der Waals surface area contributed by atoms with Crippen molar-refractivity contribution >= 4 is 23.3 Å². The van der Waals surface area contributed by atoms with Gasteiger partial charge < -0.3 is 25.8 Å². The molecule has 1 unspecified atom stereocenters. The number of alkyl halides is 3. The molecule has 0 saturated heterocycles. The van der Waals surface area contributed by atoms with Crippen LogP contribution in [0.15, 0.2) is 24.4 Å². The fraction of sp³-hybridized carbons (Fsp3) is 0.462. The summed E-state index contributed by atoms with van der Waals surface area (Å²) in [6.07, 6.45) is -0.231. The second-order valence-electron chi connectivity index (χ2n) is 10.5. The average molecular weight is 545 g/mol. The van der Waals surface area contributed by atoms with Gasteiger partial charge in [-0.05, 0) is 68.7 Å². The Bertz CT molecular complexity index is 1480. The molecule has 0 radical (unpaired) electrons. The molecule has 0 bridgehead atoms. The van der Waals surface area contributed by atoms with E-state index in [2.05, 4.69) is 20.1 Å². The first-order valence-corrected chi connectivity index (χ1v) is 12.9. The second kappa shape index (κ2) is 9.11. The third kappa shape index (κ3) is 4.64. The summed E-state index contributed by atoms with van der Waals surface area (Å²) in [5.41, 5.74) is 6.96. The number of hydrogen-bond donors (Lipinski definition) is 3. The van der Waals surface area contributed by atoms with E-state index in [1.54, 1.807) is 11.0 Å². The molecule has 0 spiro atoms. The fourth-order valence-corrected chi connectivity index (χ4v) is 5.63. The number of benzene rings is 1. The van der Waals surface area contributed by atoms with Gasteiger partial charge in [-0.15, -0.1) is 18.3 Å². The van der Waals surface area contributed by atoms with Crippen molar-refractivity contribution in [3.63, 3.8) is 0 Å². The van der Waals surface area contributed by atoms with Crippen LogP contribution in [0.2, 0.25) is 0 Å². The van der Waals surface area contributed by atoms with Crippen LogP contribution in [-0.4, -0.2) is 61.0 Å². The lowest BCUT2D eigenvalue weighted by Crippen LogP contribution is -2.40. The molecule has 6 rings (SSSR count). The summed E-state index contributed by atoms with van der Waals surface area (Å²) in [5, 5.41) is 17.0. The van der Waals surface area contributed by atoms with Crippen LogP contribution in [0, 0.1) is 5.92 Å². The zero-order valence-corrected chi connectivity index (χ0v) is 21.0. The van der Waals surface area contributed by atoms with Crippen LogP contribution in [0.25, 0.3) is 16.9 Å². The maximum atomic E-state index is 13.4. The summed E-state index contributed by atoms with van der Waals surface area (Å²) in [6.45, 7) is 2.07. The van der Waals surface area contributed by atoms with Crippen molar-refractivity contribution in [2.75, 3.05) is 5.73 Å². The molecule has 2 saturated carbocycles. The van der Waals surface area contributed by atoms with Crippen molar-refractivity contribution in [1.82, 2.24) is 24.8 Å². The van der Waals surface area contributed by atoms with Crippen LogP contribution in [0.5, 0.6) is 5.75 Å². The lowest BCUT2D eigenvalue weighted by atomic mass is 10.0. The Kier molecular flexibility index (Phi) is 5.93. The predicted octanol–water partition coefficient (Wildman–Crippen LogP) is 3.27. The Hall–Kier alpha value is -3.87. The molecule has 4 N–H and O–H groups in total. The van der Waals surface area contributed by atoms with Gasteiger partial charge in [0, 0.05) is 24.3 Å². The van der Waals surface area contributed by atoms with Gasteiger partial charge in [0.1, 0.15) is 11.3 Å². The van der Waals surface area contributed by atoms with Crippen LogP contribution < -0.4 is 15.8 Å². The number of nitrogens with one attached hydrogen (secondary N) is 1. The highest BCUT2D eigenvalue weighted by atomic mass is 19.4. The highest BCUT2D eigenvalue weighted by molar-refractivity contribution is 6.05. The van der Waals surface area contributed by atoms with Crippen molar-refractivity contribution in [3.05, 3.63) is 41.1 Å². The third-order valence-electron chi connectivity index (χ3n) is 7.85. The van der Waals surface area contributed by atoms with Gasteiger partial charge in [0.05, 0.1) is 23.4 Å². The van der Waals surface area contributed by atoms with E-state index < -0.39 is 36.1 Å². The number of aliphatic hydroxyl groups excluding tert-OH is 1. The largest absolute Gasteiger partial charge is 0.573 e. The van der Waals surface area contributed by atoms with Crippen LogP contribution in [0.3, 0.4) is 0 Å². The van der Waals surface area contributed by atoms with E-state index in [0.29, 0.717) is 24.3 Å². The van der Waals surface area contributed by atoms with Crippen molar-refractivity contribution in [2.45, 2.75) is 70.1 Å². The number of amides is 2. The number of anilines is 1. The van der Waals surface area contributed by atoms with E-state index >= 15 is 0 Å². The number of carbonyl (C=O) groups is 2. The summed E-state index contributed by atoms with van der Waals surface area (Å²) in [5.74, 6) is -1.37. The Balaban J connectivity index is 1.39. The maximum absolute atomic E-state index is 13.4. The van der Waals surface area contributed by atoms with Gasteiger partial charge in [-0.3, -0.25) is 9.59 Å². The molecular formula is C26H27F3N6O4. The van der Waals surface area contributed by atoms with Crippen molar-refractivity contribution in [3.8, 4) is 17.0 Å². The van der Waals surface area contributed by atoms with Crippen molar-refractivity contribution < 1.29 is 32.6 Å². The number of fused-ring (bicyclic) bond motifs is 2. The number of rotatable bonds is 6. The van der Waals surface area contributed by atoms with E-state index in [1.807, 2.05) is 6.92 Å². The molecule has 39 heavy (non-hydrogen) atoms. The van der Waals surface area contributed by atoms with E-state index in [9.17, 15) is 27.9 Å². The molecule has 3 aliphatic rings. The topological polar surface area (TPSA) is 135 Å². The number of nitrogens with two attached hydrogens (primary N) is 1. The molecule has 2 amide bonds. The molecule has 2 fully saturated rings. The van der Waals surface area contributed by atoms with E-state index in [-0.39, 0.29) is 46.4 Å². The molecule has 3 atom stereocenters. The molecule has 206 valence electrons. The average Bonchev–Trinajstić information content (AvgIpc) is 3.44. The molecule has 3 aromatic rings. The summed E-state index contributed by atoms with van der Waals surface area (Å²) in [6, 6.07) is 3.77. The van der Waals surface area contributed by atoms with Gasteiger partial charge in [-0.25, -0.2) is 9.50 Å². The molecule has 2 aliphatic carbocycles. The first-order chi connectivity index (χ1) is 18.5. The van der Waals surface area contributed by atoms with Gasteiger partial charge in [0.25, 0.3) is 11.8 Å². The number of aromatic nitrogens is 3. The number of halogens is 3. The monoisotopic (exact) mass is 544 g/mol. The molecule has 13 heteroatoms. The number of aliphatic hydroxyl groups is 1. The highest BCUT2D eigenvalue weighted by Crippen LogP contribution is 2.42. The molecule has 2 aromatic heterocycles. The smallest absolute Gasteiger partial charge is 0.405 e. The third-order valence-corrected chi connectivity index (χ3v) is 7.85. The summed E-state index contributed by atoms with van der Waals surface area (Å²) in [7, 11) is 0. The standard InChI is InChI=1S/C26H27F3N6O4/c1-12(13-5-6-13)34-11-15-9-14(10-19(20(15)25(34)38)39-26(27,28)29)16-7-8-35-23(31-16)21(22(30)33-35)24(37)32-17-3-2-4-18(17)36/h7-10,12-13,17-18,36H,2-6,11H2,1H3,(H2,30,33)(H,32,37)/t12?,17-,18-/m1/s1. The van der Waals surface area contributed by atoms with Crippen LogP contribution >= 0.6 is 0 Å². The Labute approximate surface area is 220 Å². The van der Waals surface area contributed by atoms with Gasteiger partial charge >= 0.3 is 6.36 Å². The molecule has 1 aliphatic heterocycles.